The average molecular weight is 301 g/mol. The molecule has 0 saturated carbocycles. The summed E-state index contributed by atoms with van der Waals surface area (Å²) in [6.07, 6.45) is 2.82. The molecule has 0 unspecified atom stereocenters. The molecule has 21 heavy (non-hydrogen) atoms. The molecule has 1 aromatic heterocycles. The second-order valence-corrected chi connectivity index (χ2v) is 6.01. The summed E-state index contributed by atoms with van der Waals surface area (Å²) >= 11 is 0. The lowest BCUT2D eigenvalue weighted by molar-refractivity contribution is 0.601. The second-order valence-electron chi connectivity index (χ2n) is 4.33. The molecule has 0 saturated heterocycles. The lowest BCUT2D eigenvalue weighted by Gasteiger charge is -2.10. The summed E-state index contributed by atoms with van der Waals surface area (Å²) in [5, 5.41) is 0. The lowest BCUT2D eigenvalue weighted by Crippen LogP contribution is -2.14. The molecule has 1 heterocycles. The Morgan fingerprint density at radius 3 is 2.81 bits per heavy atom. The summed E-state index contributed by atoms with van der Waals surface area (Å²) < 4.78 is 27.1. The number of nitrogens with one attached hydrogen (secondary N) is 1. The maximum Gasteiger partial charge on any atom is 0.263 e. The van der Waals surface area contributed by atoms with E-state index in [1.54, 1.807) is 12.1 Å². The molecule has 2 aromatic rings. The molecule has 0 amide bonds. The number of hydrogen-bond acceptors (Lipinski definition) is 4. The van der Waals surface area contributed by atoms with Crippen LogP contribution in [0.5, 0.6) is 0 Å². The smallest absolute Gasteiger partial charge is 0.263 e. The third kappa shape index (κ3) is 3.81. The number of aryl methyl sites for hydroxylation is 1. The van der Waals surface area contributed by atoms with Crippen LogP contribution in [0.3, 0.4) is 0 Å². The fourth-order valence-electron chi connectivity index (χ4n) is 1.67. The molecule has 0 radical (unpaired) electrons. The fraction of sp³-hybridized carbons (Fsp3) is 0.133. The number of aromatic nitrogens is 1. The van der Waals surface area contributed by atoms with Crippen molar-refractivity contribution in [3.63, 3.8) is 0 Å². The van der Waals surface area contributed by atoms with Crippen molar-refractivity contribution in [2.75, 3.05) is 11.3 Å². The molecule has 0 spiro atoms. The van der Waals surface area contributed by atoms with Crippen molar-refractivity contribution in [2.45, 2.75) is 11.8 Å². The number of pyridine rings is 1. The average Bonchev–Trinajstić information content (AvgIpc) is 2.49. The fourth-order valence-corrected chi connectivity index (χ4v) is 2.76. The molecule has 108 valence electrons. The van der Waals surface area contributed by atoms with Gasteiger partial charge in [-0.15, -0.1) is 0 Å². The first-order valence-electron chi connectivity index (χ1n) is 6.25. The first-order chi connectivity index (χ1) is 10.0. The molecule has 0 fully saturated rings. The number of benzene rings is 1. The van der Waals surface area contributed by atoms with Gasteiger partial charge >= 0.3 is 0 Å². The maximum atomic E-state index is 12.3. The molecular formula is C15H15N3O2S. The maximum absolute atomic E-state index is 12.3. The van der Waals surface area contributed by atoms with Crippen molar-refractivity contribution in [1.82, 2.24) is 4.98 Å². The van der Waals surface area contributed by atoms with Gasteiger partial charge in [0, 0.05) is 18.0 Å². The van der Waals surface area contributed by atoms with Crippen molar-refractivity contribution in [1.29, 1.82) is 0 Å². The predicted octanol–water partition coefficient (Wildman–Crippen LogP) is 1.50. The SMILES string of the molecule is Cc1ccc(C#CCN)cc1NS(=O)(=O)c1cccnc1. The number of nitrogens with zero attached hydrogens (tertiary/aromatic N) is 1. The van der Waals surface area contributed by atoms with Gasteiger partial charge in [0.25, 0.3) is 10.0 Å². The summed E-state index contributed by atoms with van der Waals surface area (Å²) in [5.74, 6) is 5.61. The topological polar surface area (TPSA) is 85.1 Å². The van der Waals surface area contributed by atoms with Gasteiger partial charge in [0.1, 0.15) is 4.90 Å². The number of nitrogens with two attached hydrogens (primary N) is 1. The van der Waals surface area contributed by atoms with Gasteiger partial charge in [-0.3, -0.25) is 9.71 Å². The molecule has 6 heteroatoms. The van der Waals surface area contributed by atoms with Crippen LogP contribution in [0.25, 0.3) is 0 Å². The number of anilines is 1. The van der Waals surface area contributed by atoms with Crippen molar-refractivity contribution in [3.8, 4) is 11.8 Å². The van der Waals surface area contributed by atoms with E-state index in [2.05, 4.69) is 21.5 Å². The van der Waals surface area contributed by atoms with Crippen LogP contribution < -0.4 is 10.5 Å². The van der Waals surface area contributed by atoms with Crippen molar-refractivity contribution >= 4 is 15.7 Å². The molecule has 1 aromatic carbocycles. The molecule has 0 aliphatic rings. The van der Waals surface area contributed by atoms with Gasteiger partial charge < -0.3 is 5.73 Å². The Hall–Kier alpha value is -2.36. The van der Waals surface area contributed by atoms with E-state index in [1.807, 2.05) is 19.1 Å². The highest BCUT2D eigenvalue weighted by Crippen LogP contribution is 2.20. The molecule has 0 aliphatic heterocycles. The lowest BCUT2D eigenvalue weighted by atomic mass is 10.1. The largest absolute Gasteiger partial charge is 0.320 e. The molecule has 0 atom stereocenters. The zero-order valence-electron chi connectivity index (χ0n) is 11.5. The molecule has 3 N–H and O–H groups in total. The number of sulfonamides is 1. The van der Waals surface area contributed by atoms with E-state index in [0.29, 0.717) is 11.3 Å². The van der Waals surface area contributed by atoms with Crippen LogP contribution in [0, 0.1) is 18.8 Å². The van der Waals surface area contributed by atoms with Gasteiger partial charge in [-0.1, -0.05) is 17.9 Å². The van der Waals surface area contributed by atoms with Gasteiger partial charge in [-0.25, -0.2) is 8.42 Å². The summed E-state index contributed by atoms with van der Waals surface area (Å²) in [6.45, 7) is 2.08. The number of hydrogen-bond donors (Lipinski definition) is 2. The highest BCUT2D eigenvalue weighted by atomic mass is 32.2. The van der Waals surface area contributed by atoms with Crippen LogP contribution in [0.1, 0.15) is 11.1 Å². The Morgan fingerprint density at radius 2 is 2.14 bits per heavy atom. The Labute approximate surface area is 124 Å². The van der Waals surface area contributed by atoms with Crippen molar-refractivity contribution in [3.05, 3.63) is 53.9 Å². The van der Waals surface area contributed by atoms with E-state index in [9.17, 15) is 8.42 Å². The molecular weight excluding hydrogens is 286 g/mol. The van der Waals surface area contributed by atoms with E-state index in [4.69, 9.17) is 5.73 Å². The van der Waals surface area contributed by atoms with Crippen LogP contribution in [0.4, 0.5) is 5.69 Å². The Bertz CT molecular complexity index is 791. The van der Waals surface area contributed by atoms with Gasteiger partial charge in [-0.05, 0) is 36.8 Å². The molecule has 2 rings (SSSR count). The van der Waals surface area contributed by atoms with Crippen LogP contribution in [-0.2, 0) is 10.0 Å². The summed E-state index contributed by atoms with van der Waals surface area (Å²) in [7, 11) is -3.66. The third-order valence-electron chi connectivity index (χ3n) is 2.76. The molecule has 5 nitrogen and oxygen atoms in total. The van der Waals surface area contributed by atoms with Gasteiger partial charge in [-0.2, -0.15) is 0 Å². The van der Waals surface area contributed by atoms with Crippen LogP contribution in [-0.4, -0.2) is 19.9 Å². The predicted molar refractivity (Wildman–Crippen MR) is 82.2 cm³/mol. The molecule has 0 aliphatic carbocycles. The first kappa shape index (κ1) is 15.0. The van der Waals surface area contributed by atoms with Crippen LogP contribution >= 0.6 is 0 Å². The Kier molecular flexibility index (Phi) is 4.58. The summed E-state index contributed by atoms with van der Waals surface area (Å²) in [4.78, 5) is 3.93. The van der Waals surface area contributed by atoms with Crippen LogP contribution in [0.15, 0.2) is 47.6 Å². The van der Waals surface area contributed by atoms with E-state index >= 15 is 0 Å². The first-order valence-corrected chi connectivity index (χ1v) is 7.73. The van der Waals surface area contributed by atoms with E-state index < -0.39 is 10.0 Å². The number of rotatable bonds is 3. The third-order valence-corrected chi connectivity index (χ3v) is 4.11. The highest BCUT2D eigenvalue weighted by Gasteiger charge is 2.15. The van der Waals surface area contributed by atoms with E-state index in [-0.39, 0.29) is 11.4 Å². The normalized spacial score (nSPS) is 10.6. The van der Waals surface area contributed by atoms with Gasteiger partial charge in [0.15, 0.2) is 0 Å². The van der Waals surface area contributed by atoms with E-state index in [1.165, 1.54) is 18.5 Å². The standard InChI is InChI=1S/C15H15N3O2S/c1-12-6-7-13(4-2-8-16)10-15(12)18-21(19,20)14-5-3-9-17-11-14/h3,5-7,9-11,18H,8,16H2,1H3. The quantitative estimate of drug-likeness (QED) is 0.841. The Balaban J connectivity index is 2.35. The van der Waals surface area contributed by atoms with Gasteiger partial charge in [0.05, 0.1) is 12.2 Å². The van der Waals surface area contributed by atoms with Crippen LogP contribution in [0.2, 0.25) is 0 Å². The minimum absolute atomic E-state index is 0.114. The van der Waals surface area contributed by atoms with Crippen molar-refractivity contribution < 1.29 is 8.42 Å². The highest BCUT2D eigenvalue weighted by molar-refractivity contribution is 7.92. The zero-order chi connectivity index (χ0) is 15.3. The molecule has 0 bridgehead atoms. The Morgan fingerprint density at radius 1 is 1.33 bits per heavy atom. The monoisotopic (exact) mass is 301 g/mol. The minimum Gasteiger partial charge on any atom is -0.320 e. The second kappa shape index (κ2) is 6.39. The summed E-state index contributed by atoms with van der Waals surface area (Å²) in [5.41, 5.74) is 7.33. The summed E-state index contributed by atoms with van der Waals surface area (Å²) in [6, 6.07) is 8.38. The minimum atomic E-state index is -3.66. The zero-order valence-corrected chi connectivity index (χ0v) is 12.3. The van der Waals surface area contributed by atoms with E-state index in [0.717, 1.165) is 5.56 Å². The van der Waals surface area contributed by atoms with Crippen molar-refractivity contribution in [2.24, 2.45) is 5.73 Å². The van der Waals surface area contributed by atoms with Gasteiger partial charge in [0.2, 0.25) is 0 Å².